The monoisotopic (exact) mass is 740 g/mol. The van der Waals surface area contributed by atoms with Gasteiger partial charge >= 0.3 is 0 Å². The quantitative estimate of drug-likeness (QED) is 0.322. The zero-order valence-corrected chi connectivity index (χ0v) is 31.7. The minimum Gasteiger partial charge on any atom is -0.451 e. The lowest BCUT2D eigenvalue weighted by atomic mass is 9.72. The number of nitrogens with zero attached hydrogens (tertiary/aromatic N) is 7. The van der Waals surface area contributed by atoms with Crippen molar-refractivity contribution in [3.8, 4) is 11.5 Å². The highest BCUT2D eigenvalue weighted by Crippen LogP contribution is 2.45. The van der Waals surface area contributed by atoms with E-state index in [1.54, 1.807) is 15.4 Å². The molecular formula is C37H53FN8O5S. The van der Waals surface area contributed by atoms with E-state index in [0.717, 1.165) is 58.4 Å². The summed E-state index contributed by atoms with van der Waals surface area (Å²) in [4.78, 5) is 40.4. The average molecular weight is 741 g/mol. The van der Waals surface area contributed by atoms with Crippen LogP contribution in [0.4, 0.5) is 10.2 Å². The third kappa shape index (κ3) is 8.27. The summed E-state index contributed by atoms with van der Waals surface area (Å²) < 4.78 is 50.4. The molecule has 2 amide bonds. The van der Waals surface area contributed by atoms with Crippen LogP contribution in [-0.2, 0) is 15.0 Å². The van der Waals surface area contributed by atoms with E-state index in [4.69, 9.17) is 4.74 Å². The number of hydrogen-bond acceptors (Lipinski definition) is 9. The van der Waals surface area contributed by atoms with E-state index in [9.17, 15) is 22.4 Å². The molecule has 0 unspecified atom stereocenters. The van der Waals surface area contributed by atoms with Crippen molar-refractivity contribution in [2.45, 2.75) is 77.9 Å². The first-order valence-electron chi connectivity index (χ1n) is 18.5. The summed E-state index contributed by atoms with van der Waals surface area (Å²) in [6.07, 6.45) is 8.71. The van der Waals surface area contributed by atoms with Crippen LogP contribution >= 0.6 is 0 Å². The van der Waals surface area contributed by atoms with Gasteiger partial charge in [-0.3, -0.25) is 9.59 Å². The number of piperidine rings is 2. The van der Waals surface area contributed by atoms with Crippen molar-refractivity contribution in [2.75, 3.05) is 63.8 Å². The van der Waals surface area contributed by atoms with Gasteiger partial charge in [0.1, 0.15) is 17.9 Å². The molecule has 0 aliphatic carbocycles. The van der Waals surface area contributed by atoms with E-state index in [1.165, 1.54) is 34.9 Å². The predicted molar refractivity (Wildman–Crippen MR) is 197 cm³/mol. The molecule has 5 heterocycles. The van der Waals surface area contributed by atoms with E-state index in [-0.39, 0.29) is 46.7 Å². The molecule has 0 radical (unpaired) electrons. The Balaban J connectivity index is 0.992. The molecule has 6 rings (SSSR count). The maximum Gasteiger partial charge on any atom is 0.282 e. The van der Waals surface area contributed by atoms with Crippen LogP contribution in [0.2, 0.25) is 0 Å². The third-order valence-electron chi connectivity index (χ3n) is 11.1. The van der Waals surface area contributed by atoms with Crippen molar-refractivity contribution >= 4 is 27.8 Å². The number of likely N-dealkylation sites (tertiary alicyclic amines) is 1. The summed E-state index contributed by atoms with van der Waals surface area (Å²) in [6.45, 7) is 17.6. The molecule has 0 bridgehead atoms. The summed E-state index contributed by atoms with van der Waals surface area (Å²) >= 11 is 0. The minimum atomic E-state index is -3.55. The maximum atomic E-state index is 14.4. The van der Waals surface area contributed by atoms with Crippen LogP contribution in [0.15, 0.2) is 43.4 Å². The molecule has 15 heteroatoms. The second-order valence-electron chi connectivity index (χ2n) is 15.4. The van der Waals surface area contributed by atoms with Gasteiger partial charge < -0.3 is 24.8 Å². The van der Waals surface area contributed by atoms with Crippen molar-refractivity contribution in [2.24, 2.45) is 11.3 Å². The van der Waals surface area contributed by atoms with Crippen LogP contribution in [0.3, 0.4) is 0 Å². The van der Waals surface area contributed by atoms with Gasteiger partial charge in [0.2, 0.25) is 5.91 Å². The van der Waals surface area contributed by atoms with E-state index < -0.39 is 16.0 Å². The molecule has 0 saturated carbocycles. The van der Waals surface area contributed by atoms with Crippen LogP contribution < -0.4 is 15.0 Å². The second kappa shape index (κ2) is 15.7. The Hall–Kier alpha value is -3.66. The molecule has 1 N–H and O–H groups in total. The fraction of sp³-hybridized carbons (Fsp3) is 0.622. The molecule has 1 aromatic carbocycles. The Bertz CT molecular complexity index is 1710. The van der Waals surface area contributed by atoms with Gasteiger partial charge in [0, 0.05) is 69.4 Å². The van der Waals surface area contributed by atoms with Crippen LogP contribution in [-0.4, -0.2) is 126 Å². The number of nitrogens with one attached hydrogen (secondary N) is 1. The number of carbonyl (C=O) groups is 2. The average Bonchev–Trinajstić information content (AvgIpc) is 3.58. The van der Waals surface area contributed by atoms with E-state index in [2.05, 4.69) is 31.7 Å². The zero-order chi connectivity index (χ0) is 37.2. The smallest absolute Gasteiger partial charge is 0.282 e. The molecular weight excluding hydrogens is 688 g/mol. The molecule has 1 aromatic heterocycles. The number of rotatable bonds is 12. The van der Waals surface area contributed by atoms with Crippen molar-refractivity contribution in [1.29, 1.82) is 0 Å². The molecule has 52 heavy (non-hydrogen) atoms. The normalized spacial score (nSPS) is 21.8. The van der Waals surface area contributed by atoms with Crippen LogP contribution in [0, 0.1) is 17.2 Å². The van der Waals surface area contributed by atoms with Gasteiger partial charge in [-0.25, -0.2) is 14.4 Å². The van der Waals surface area contributed by atoms with Crippen LogP contribution in [0.25, 0.3) is 0 Å². The topological polar surface area (TPSA) is 132 Å². The highest BCUT2D eigenvalue weighted by Gasteiger charge is 2.46. The van der Waals surface area contributed by atoms with Crippen molar-refractivity contribution < 1.29 is 27.1 Å². The summed E-state index contributed by atoms with van der Waals surface area (Å²) in [5.41, 5.74) is 0.342. The van der Waals surface area contributed by atoms with E-state index in [1.807, 2.05) is 27.7 Å². The van der Waals surface area contributed by atoms with Gasteiger partial charge in [-0.15, -0.1) is 0 Å². The van der Waals surface area contributed by atoms with Crippen molar-refractivity contribution in [3.05, 3.63) is 54.8 Å². The van der Waals surface area contributed by atoms with E-state index >= 15 is 0 Å². The Morgan fingerprint density at radius 1 is 1.04 bits per heavy atom. The largest absolute Gasteiger partial charge is 0.451 e. The van der Waals surface area contributed by atoms with Crippen LogP contribution in [0.1, 0.15) is 70.2 Å². The number of anilines is 1. The molecule has 1 spiro atoms. The van der Waals surface area contributed by atoms with Gasteiger partial charge in [0.25, 0.3) is 16.1 Å². The maximum absolute atomic E-state index is 14.4. The Morgan fingerprint density at radius 2 is 1.71 bits per heavy atom. The molecule has 4 aliphatic heterocycles. The lowest BCUT2D eigenvalue weighted by molar-refractivity contribution is -0.117. The van der Waals surface area contributed by atoms with Gasteiger partial charge in [-0.05, 0) is 103 Å². The van der Waals surface area contributed by atoms with Crippen LogP contribution in [0.5, 0.6) is 11.5 Å². The lowest BCUT2D eigenvalue weighted by Gasteiger charge is -2.54. The lowest BCUT2D eigenvalue weighted by Crippen LogP contribution is -2.61. The number of ether oxygens (including phenoxy) is 1. The molecule has 4 aliphatic rings. The standard InChI is InChI=1S/C37H53FN8O5S/c1-6-34(47)41-30-11-16-45(22-30)52(49,50)44-14-9-28(10-15-44)21-42-17-12-37(13-18-42)23-43(24-37)35-33(20-39-25-40-35)51-32-8-7-29(38)19-31(32)36(48)46(26(2)3)27(4)5/h6-8,19-20,25-28,30H,1,9-18,21-24H2,2-5H3,(H,41,47)/t30-/m1/s1. The summed E-state index contributed by atoms with van der Waals surface area (Å²) in [5.74, 6) is 0.715. The third-order valence-corrected chi connectivity index (χ3v) is 13.1. The molecule has 2 aromatic rings. The number of amides is 2. The molecule has 1 atom stereocenters. The number of carbonyl (C=O) groups excluding carboxylic acids is 2. The number of benzene rings is 1. The minimum absolute atomic E-state index is 0.0746. The fourth-order valence-electron chi connectivity index (χ4n) is 8.31. The zero-order valence-electron chi connectivity index (χ0n) is 30.8. The van der Waals surface area contributed by atoms with Gasteiger partial charge in [-0.1, -0.05) is 6.58 Å². The Labute approximate surface area is 307 Å². The SMILES string of the molecule is C=CC(=O)N[C@@H]1CCN(S(=O)(=O)N2CCC(CN3CCC4(CC3)CN(c3ncncc3Oc3ccc(F)cc3C(=O)N(C(C)C)C(C)C)C4)CC2)C1. The number of hydrogen-bond donors (Lipinski definition) is 1. The fourth-order valence-corrected chi connectivity index (χ4v) is 10.0. The molecule has 4 saturated heterocycles. The molecule has 284 valence electrons. The highest BCUT2D eigenvalue weighted by molar-refractivity contribution is 7.86. The van der Waals surface area contributed by atoms with Crippen molar-refractivity contribution in [1.82, 2.24) is 33.7 Å². The molecule has 4 fully saturated rings. The van der Waals surface area contributed by atoms with E-state index in [0.29, 0.717) is 50.1 Å². The first-order valence-corrected chi connectivity index (χ1v) is 19.9. The summed E-state index contributed by atoms with van der Waals surface area (Å²) in [7, 11) is -3.55. The van der Waals surface area contributed by atoms with Crippen molar-refractivity contribution in [3.63, 3.8) is 0 Å². The van der Waals surface area contributed by atoms with Gasteiger partial charge in [0.05, 0.1) is 11.8 Å². The Morgan fingerprint density at radius 3 is 2.37 bits per heavy atom. The van der Waals surface area contributed by atoms with Gasteiger partial charge in [0.15, 0.2) is 11.6 Å². The predicted octanol–water partition coefficient (Wildman–Crippen LogP) is 3.90. The number of aromatic nitrogens is 2. The summed E-state index contributed by atoms with van der Waals surface area (Å²) in [6, 6.07) is 3.68. The Kier molecular flexibility index (Phi) is 11.5. The highest BCUT2D eigenvalue weighted by atomic mass is 32.2. The first-order chi connectivity index (χ1) is 24.8. The second-order valence-corrected chi connectivity index (χ2v) is 17.3. The summed E-state index contributed by atoms with van der Waals surface area (Å²) in [5, 5.41) is 2.81. The molecule has 13 nitrogen and oxygen atoms in total. The number of halogens is 1. The van der Waals surface area contributed by atoms with Gasteiger partial charge in [-0.2, -0.15) is 17.0 Å². The first kappa shape index (κ1) is 38.1.